The number of aliphatic hydroxyl groups excluding tert-OH is 1. The van der Waals surface area contributed by atoms with Gasteiger partial charge in [-0.15, -0.1) is 0 Å². The third-order valence-corrected chi connectivity index (χ3v) is 4.00. The van der Waals surface area contributed by atoms with Crippen LogP contribution in [0.2, 0.25) is 10.0 Å². The van der Waals surface area contributed by atoms with E-state index in [1.165, 1.54) is 7.11 Å². The Labute approximate surface area is 138 Å². The third kappa shape index (κ3) is 3.17. The summed E-state index contributed by atoms with van der Waals surface area (Å²) in [6.07, 6.45) is 0. The van der Waals surface area contributed by atoms with E-state index in [0.717, 1.165) is 5.56 Å². The van der Waals surface area contributed by atoms with Crippen LogP contribution in [0.4, 0.5) is 0 Å². The van der Waals surface area contributed by atoms with Gasteiger partial charge in [0.25, 0.3) is 0 Å². The van der Waals surface area contributed by atoms with Crippen molar-refractivity contribution in [1.82, 2.24) is 0 Å². The van der Waals surface area contributed by atoms with Crippen molar-refractivity contribution in [2.45, 2.75) is 0 Å². The lowest BCUT2D eigenvalue weighted by molar-refractivity contribution is 0.0601. The van der Waals surface area contributed by atoms with Crippen LogP contribution in [-0.4, -0.2) is 24.8 Å². The molecule has 0 fully saturated rings. The summed E-state index contributed by atoms with van der Waals surface area (Å²) < 4.78 is 4.87. The van der Waals surface area contributed by atoms with Gasteiger partial charge in [-0.2, -0.15) is 0 Å². The van der Waals surface area contributed by atoms with Crippen molar-refractivity contribution in [2.75, 3.05) is 13.7 Å². The molecule has 0 heterocycles. The molecule has 0 bridgehead atoms. The predicted molar refractivity (Wildman–Crippen MR) is 89.4 cm³/mol. The zero-order valence-corrected chi connectivity index (χ0v) is 13.4. The van der Waals surface area contributed by atoms with Crippen molar-refractivity contribution in [3.8, 4) is 11.1 Å². The van der Waals surface area contributed by atoms with Gasteiger partial charge in [-0.3, -0.25) is 0 Å². The maximum atomic E-state index is 12.2. The molecule has 0 radical (unpaired) electrons. The second-order valence-corrected chi connectivity index (χ2v) is 5.42. The van der Waals surface area contributed by atoms with E-state index < -0.39 is 5.97 Å². The minimum absolute atomic E-state index is 0.255. The standard InChI is InChI=1S/C17H14Cl2O3/c1-10(9-20)12-4-3-5-13(16(12)17(21)22-2)11-6-7-14(18)15(19)8-11/h3-8,20H,1,9H2,2H3. The van der Waals surface area contributed by atoms with E-state index in [9.17, 15) is 9.90 Å². The highest BCUT2D eigenvalue weighted by atomic mass is 35.5. The Morgan fingerprint density at radius 2 is 1.95 bits per heavy atom. The summed E-state index contributed by atoms with van der Waals surface area (Å²) in [6, 6.07) is 10.4. The van der Waals surface area contributed by atoms with E-state index in [2.05, 4.69) is 6.58 Å². The number of carbonyl (C=O) groups excluding carboxylic acids is 1. The summed E-state index contributed by atoms with van der Waals surface area (Å²) in [5, 5.41) is 10.1. The number of hydrogen-bond acceptors (Lipinski definition) is 3. The normalized spacial score (nSPS) is 10.4. The van der Waals surface area contributed by atoms with Crippen LogP contribution in [0.15, 0.2) is 43.0 Å². The van der Waals surface area contributed by atoms with E-state index in [-0.39, 0.29) is 6.61 Å². The molecule has 0 aliphatic heterocycles. The molecule has 2 aromatic carbocycles. The Hall–Kier alpha value is -1.81. The second kappa shape index (κ2) is 6.97. The highest BCUT2D eigenvalue weighted by Gasteiger charge is 2.19. The molecule has 0 saturated heterocycles. The van der Waals surface area contributed by atoms with E-state index in [0.29, 0.717) is 32.3 Å². The van der Waals surface area contributed by atoms with Gasteiger partial charge in [0.05, 0.1) is 29.3 Å². The number of hydrogen-bond donors (Lipinski definition) is 1. The lowest BCUT2D eigenvalue weighted by Crippen LogP contribution is -2.08. The van der Waals surface area contributed by atoms with Crippen LogP contribution in [-0.2, 0) is 4.74 Å². The van der Waals surface area contributed by atoms with E-state index in [4.69, 9.17) is 27.9 Å². The molecule has 0 aliphatic carbocycles. The number of rotatable bonds is 4. The molecule has 0 unspecified atom stereocenters. The van der Waals surface area contributed by atoms with E-state index in [1.807, 2.05) is 0 Å². The first-order valence-corrected chi connectivity index (χ1v) is 7.21. The zero-order valence-electron chi connectivity index (χ0n) is 11.9. The van der Waals surface area contributed by atoms with Gasteiger partial charge >= 0.3 is 5.97 Å². The molecule has 2 rings (SSSR count). The molecule has 0 amide bonds. The number of halogens is 2. The molecule has 2 aromatic rings. The van der Waals surface area contributed by atoms with Crippen LogP contribution < -0.4 is 0 Å². The molecular weight excluding hydrogens is 323 g/mol. The van der Waals surface area contributed by atoms with Crippen molar-refractivity contribution in [1.29, 1.82) is 0 Å². The third-order valence-electron chi connectivity index (χ3n) is 3.26. The number of carbonyl (C=O) groups is 1. The van der Waals surface area contributed by atoms with Crippen LogP contribution in [0.1, 0.15) is 15.9 Å². The Morgan fingerprint density at radius 1 is 1.23 bits per heavy atom. The van der Waals surface area contributed by atoms with Gasteiger partial charge in [0.1, 0.15) is 0 Å². The summed E-state index contributed by atoms with van der Waals surface area (Å²) in [4.78, 5) is 12.2. The highest BCUT2D eigenvalue weighted by molar-refractivity contribution is 6.42. The van der Waals surface area contributed by atoms with Crippen molar-refractivity contribution in [2.24, 2.45) is 0 Å². The summed E-state index contributed by atoms with van der Waals surface area (Å²) in [7, 11) is 1.31. The molecule has 5 heteroatoms. The van der Waals surface area contributed by atoms with Crippen LogP contribution in [0, 0.1) is 0 Å². The van der Waals surface area contributed by atoms with Gasteiger partial charge in [0.2, 0.25) is 0 Å². The second-order valence-electron chi connectivity index (χ2n) is 4.61. The first-order chi connectivity index (χ1) is 10.5. The van der Waals surface area contributed by atoms with E-state index >= 15 is 0 Å². The maximum absolute atomic E-state index is 12.2. The van der Waals surface area contributed by atoms with Gasteiger partial charge in [-0.25, -0.2) is 4.79 Å². The zero-order chi connectivity index (χ0) is 16.3. The molecule has 114 valence electrons. The van der Waals surface area contributed by atoms with Crippen LogP contribution in [0.25, 0.3) is 16.7 Å². The van der Waals surface area contributed by atoms with Crippen molar-refractivity contribution in [3.63, 3.8) is 0 Å². The fourth-order valence-electron chi connectivity index (χ4n) is 2.16. The van der Waals surface area contributed by atoms with Gasteiger partial charge < -0.3 is 9.84 Å². The molecule has 0 spiro atoms. The number of ether oxygens (including phenoxy) is 1. The highest BCUT2D eigenvalue weighted by Crippen LogP contribution is 2.33. The summed E-state index contributed by atoms with van der Waals surface area (Å²) in [5.41, 5.74) is 2.67. The van der Waals surface area contributed by atoms with Crippen LogP contribution in [0.5, 0.6) is 0 Å². The molecule has 0 saturated carbocycles. The van der Waals surface area contributed by atoms with Crippen molar-refractivity contribution in [3.05, 3.63) is 64.1 Å². The van der Waals surface area contributed by atoms with Crippen LogP contribution in [0.3, 0.4) is 0 Å². The van der Waals surface area contributed by atoms with E-state index in [1.54, 1.807) is 36.4 Å². The number of benzene rings is 2. The quantitative estimate of drug-likeness (QED) is 0.839. The van der Waals surface area contributed by atoms with Crippen molar-refractivity contribution >= 4 is 34.7 Å². The summed E-state index contributed by atoms with van der Waals surface area (Å²) in [6.45, 7) is 3.53. The van der Waals surface area contributed by atoms with Gasteiger partial charge in [0.15, 0.2) is 0 Å². The number of esters is 1. The molecule has 0 atom stereocenters. The molecule has 1 N–H and O–H groups in total. The Kier molecular flexibility index (Phi) is 5.24. The lowest BCUT2D eigenvalue weighted by atomic mass is 9.92. The topological polar surface area (TPSA) is 46.5 Å². The average molecular weight is 337 g/mol. The number of methoxy groups -OCH3 is 1. The molecule has 0 aromatic heterocycles. The van der Waals surface area contributed by atoms with Gasteiger partial charge in [0, 0.05) is 0 Å². The van der Waals surface area contributed by atoms with Gasteiger partial charge in [-0.1, -0.05) is 54.0 Å². The smallest absolute Gasteiger partial charge is 0.339 e. The Morgan fingerprint density at radius 3 is 2.55 bits per heavy atom. The first-order valence-electron chi connectivity index (χ1n) is 6.45. The minimum Gasteiger partial charge on any atom is -0.465 e. The van der Waals surface area contributed by atoms with Gasteiger partial charge in [-0.05, 0) is 34.4 Å². The van der Waals surface area contributed by atoms with Crippen LogP contribution >= 0.6 is 23.2 Å². The fraction of sp³-hybridized carbons (Fsp3) is 0.118. The summed E-state index contributed by atoms with van der Waals surface area (Å²) in [5.74, 6) is -0.508. The van der Waals surface area contributed by atoms with Crippen molar-refractivity contribution < 1.29 is 14.6 Å². The fourth-order valence-corrected chi connectivity index (χ4v) is 2.46. The maximum Gasteiger partial charge on any atom is 0.339 e. The Balaban J connectivity index is 2.72. The molecule has 22 heavy (non-hydrogen) atoms. The first kappa shape index (κ1) is 16.6. The largest absolute Gasteiger partial charge is 0.465 e. The molecular formula is C17H14Cl2O3. The average Bonchev–Trinajstić information content (AvgIpc) is 2.55. The Bertz CT molecular complexity index is 739. The molecule has 3 nitrogen and oxygen atoms in total. The summed E-state index contributed by atoms with van der Waals surface area (Å²) >= 11 is 12.0. The minimum atomic E-state index is -0.508. The lowest BCUT2D eigenvalue weighted by Gasteiger charge is -2.14. The SMILES string of the molecule is C=C(CO)c1cccc(-c2ccc(Cl)c(Cl)c2)c1C(=O)OC. The monoisotopic (exact) mass is 336 g/mol. The predicted octanol–water partition coefficient (Wildman–Crippen LogP) is 4.45. The molecule has 0 aliphatic rings. The number of aliphatic hydroxyl groups is 1.